The van der Waals surface area contributed by atoms with Gasteiger partial charge >= 0.3 is 6.61 Å². The number of alkyl halides is 2. The lowest BCUT2D eigenvalue weighted by atomic mass is 9.91. The molecule has 25 heavy (non-hydrogen) atoms. The number of rotatable bonds is 6. The van der Waals surface area contributed by atoms with Gasteiger partial charge in [0, 0.05) is 18.2 Å². The fourth-order valence-electron chi connectivity index (χ4n) is 3.04. The highest BCUT2D eigenvalue weighted by atomic mass is 32.2. The number of nitrogens with zero attached hydrogens (tertiary/aromatic N) is 3. The highest BCUT2D eigenvalue weighted by Crippen LogP contribution is 2.29. The average Bonchev–Trinajstić information content (AvgIpc) is 3.09. The lowest BCUT2D eigenvalue weighted by Crippen LogP contribution is -2.38. The average molecular weight is 372 g/mol. The molecule has 0 amide bonds. The fourth-order valence-corrected chi connectivity index (χ4v) is 4.36. The SMILES string of the molecule is O=S(=O)(NC1CCCC(n2cnnc2)C1)c1cccc(OC(F)F)c1. The minimum Gasteiger partial charge on any atom is -0.435 e. The molecule has 1 saturated carbocycles. The molecular formula is C15H18F2N4O3S. The Morgan fingerprint density at radius 1 is 1.24 bits per heavy atom. The minimum absolute atomic E-state index is 0.0999. The Labute approximate surface area is 144 Å². The first-order valence-corrected chi connectivity index (χ1v) is 9.34. The second-order valence-corrected chi connectivity index (χ2v) is 7.62. The van der Waals surface area contributed by atoms with Crippen LogP contribution in [-0.4, -0.2) is 35.8 Å². The van der Waals surface area contributed by atoms with Crippen LogP contribution in [0.5, 0.6) is 5.75 Å². The van der Waals surface area contributed by atoms with Gasteiger partial charge in [0.25, 0.3) is 0 Å². The van der Waals surface area contributed by atoms with Crippen LogP contribution in [0, 0.1) is 0 Å². The van der Waals surface area contributed by atoms with Gasteiger partial charge < -0.3 is 9.30 Å². The van der Waals surface area contributed by atoms with Crippen LogP contribution in [0.2, 0.25) is 0 Å². The number of halogens is 2. The third-order valence-corrected chi connectivity index (χ3v) is 5.69. The number of benzene rings is 1. The number of nitrogens with one attached hydrogen (secondary N) is 1. The fraction of sp³-hybridized carbons (Fsp3) is 0.467. The van der Waals surface area contributed by atoms with Gasteiger partial charge in [-0.15, -0.1) is 10.2 Å². The number of hydrogen-bond acceptors (Lipinski definition) is 5. The third kappa shape index (κ3) is 4.51. The molecule has 1 fully saturated rings. The minimum atomic E-state index is -3.83. The highest BCUT2D eigenvalue weighted by molar-refractivity contribution is 7.89. The van der Waals surface area contributed by atoms with Crippen LogP contribution in [0.25, 0.3) is 0 Å². The van der Waals surface area contributed by atoms with Crippen molar-refractivity contribution < 1.29 is 21.9 Å². The molecule has 2 atom stereocenters. The van der Waals surface area contributed by atoms with Gasteiger partial charge in [0.1, 0.15) is 18.4 Å². The molecule has 2 unspecified atom stereocenters. The van der Waals surface area contributed by atoms with Gasteiger partial charge in [-0.2, -0.15) is 8.78 Å². The summed E-state index contributed by atoms with van der Waals surface area (Å²) < 4.78 is 58.5. The van der Waals surface area contributed by atoms with Crippen LogP contribution in [0.4, 0.5) is 8.78 Å². The molecule has 1 N–H and O–H groups in total. The van der Waals surface area contributed by atoms with E-state index in [1.54, 1.807) is 12.7 Å². The Bertz CT molecular complexity index is 799. The number of hydrogen-bond donors (Lipinski definition) is 1. The molecule has 0 spiro atoms. The summed E-state index contributed by atoms with van der Waals surface area (Å²) in [6.07, 6.45) is 6.35. The highest BCUT2D eigenvalue weighted by Gasteiger charge is 2.27. The molecule has 10 heteroatoms. The molecular weight excluding hydrogens is 354 g/mol. The van der Waals surface area contributed by atoms with Crippen molar-refractivity contribution in [3.05, 3.63) is 36.9 Å². The van der Waals surface area contributed by atoms with E-state index in [-0.39, 0.29) is 22.7 Å². The summed E-state index contributed by atoms with van der Waals surface area (Å²) in [5, 5.41) is 7.55. The number of ether oxygens (including phenoxy) is 1. The standard InChI is InChI=1S/C15H18F2N4O3S/c16-15(17)24-13-5-2-6-14(8-13)25(22,23)20-11-3-1-4-12(7-11)21-9-18-19-10-21/h2,5-6,8-12,15,20H,1,3-4,7H2. The van der Waals surface area contributed by atoms with Crippen molar-refractivity contribution >= 4 is 10.0 Å². The van der Waals surface area contributed by atoms with Crippen LogP contribution >= 0.6 is 0 Å². The van der Waals surface area contributed by atoms with Gasteiger partial charge in [-0.05, 0) is 37.8 Å². The van der Waals surface area contributed by atoms with Gasteiger partial charge in [-0.1, -0.05) is 6.07 Å². The second kappa shape index (κ2) is 7.44. The smallest absolute Gasteiger partial charge is 0.387 e. The molecule has 0 bridgehead atoms. The van der Waals surface area contributed by atoms with Crippen LogP contribution in [0.1, 0.15) is 31.7 Å². The maximum absolute atomic E-state index is 12.5. The van der Waals surface area contributed by atoms with Gasteiger partial charge in [0.15, 0.2) is 0 Å². The van der Waals surface area contributed by atoms with Crippen LogP contribution in [0.3, 0.4) is 0 Å². The van der Waals surface area contributed by atoms with E-state index in [1.165, 1.54) is 18.2 Å². The zero-order chi connectivity index (χ0) is 17.9. The molecule has 7 nitrogen and oxygen atoms in total. The summed E-state index contributed by atoms with van der Waals surface area (Å²) in [4.78, 5) is -0.0999. The van der Waals surface area contributed by atoms with E-state index in [4.69, 9.17) is 0 Å². The molecule has 136 valence electrons. The quantitative estimate of drug-likeness (QED) is 0.841. The van der Waals surface area contributed by atoms with Gasteiger partial charge in [0.2, 0.25) is 10.0 Å². The molecule has 1 aliphatic rings. The topological polar surface area (TPSA) is 86.1 Å². The number of sulfonamides is 1. The molecule has 1 heterocycles. The summed E-state index contributed by atoms with van der Waals surface area (Å²) in [6.45, 7) is -3.01. The first-order valence-electron chi connectivity index (χ1n) is 7.85. The first-order chi connectivity index (χ1) is 11.9. The largest absolute Gasteiger partial charge is 0.435 e. The first kappa shape index (κ1) is 17.7. The predicted octanol–water partition coefficient (Wildman–Crippen LogP) is 2.34. The van der Waals surface area contributed by atoms with Gasteiger partial charge in [-0.25, -0.2) is 13.1 Å². The molecule has 3 rings (SSSR count). The van der Waals surface area contributed by atoms with E-state index in [1.807, 2.05) is 4.57 Å². The second-order valence-electron chi connectivity index (χ2n) is 5.90. The zero-order valence-corrected chi connectivity index (χ0v) is 14.1. The molecule has 1 aromatic carbocycles. The van der Waals surface area contributed by atoms with Crippen molar-refractivity contribution in [2.24, 2.45) is 0 Å². The van der Waals surface area contributed by atoms with Crippen molar-refractivity contribution in [1.29, 1.82) is 0 Å². The van der Waals surface area contributed by atoms with Crippen molar-refractivity contribution in [3.63, 3.8) is 0 Å². The monoisotopic (exact) mass is 372 g/mol. The molecule has 2 aromatic rings. The normalized spacial score (nSPS) is 21.4. The van der Waals surface area contributed by atoms with Crippen LogP contribution in [-0.2, 0) is 10.0 Å². The summed E-state index contributed by atoms with van der Waals surface area (Å²) in [7, 11) is -3.83. The Morgan fingerprint density at radius 2 is 2.00 bits per heavy atom. The van der Waals surface area contributed by atoms with E-state index >= 15 is 0 Å². The van der Waals surface area contributed by atoms with Crippen LogP contribution in [0.15, 0.2) is 41.8 Å². The summed E-state index contributed by atoms with van der Waals surface area (Å²) in [6, 6.07) is 4.98. The van der Waals surface area contributed by atoms with E-state index in [0.717, 1.165) is 18.9 Å². The Morgan fingerprint density at radius 3 is 2.72 bits per heavy atom. The third-order valence-electron chi connectivity index (χ3n) is 4.17. The van der Waals surface area contributed by atoms with Crippen molar-refractivity contribution in [1.82, 2.24) is 19.5 Å². The van der Waals surface area contributed by atoms with Crippen molar-refractivity contribution in [2.75, 3.05) is 0 Å². The molecule has 0 radical (unpaired) electrons. The Hall–Kier alpha value is -2.07. The Kier molecular flexibility index (Phi) is 5.28. The zero-order valence-electron chi connectivity index (χ0n) is 13.3. The lowest BCUT2D eigenvalue weighted by Gasteiger charge is -2.30. The molecule has 1 aromatic heterocycles. The summed E-state index contributed by atoms with van der Waals surface area (Å²) >= 11 is 0. The summed E-state index contributed by atoms with van der Waals surface area (Å²) in [5.74, 6) is -0.191. The van der Waals surface area contributed by atoms with E-state index in [9.17, 15) is 17.2 Å². The lowest BCUT2D eigenvalue weighted by molar-refractivity contribution is -0.0499. The van der Waals surface area contributed by atoms with Gasteiger partial charge in [0.05, 0.1) is 4.90 Å². The predicted molar refractivity (Wildman–Crippen MR) is 84.7 cm³/mol. The summed E-state index contributed by atoms with van der Waals surface area (Å²) in [5.41, 5.74) is 0. The Balaban J connectivity index is 1.70. The van der Waals surface area contributed by atoms with E-state index in [0.29, 0.717) is 12.8 Å². The van der Waals surface area contributed by atoms with Crippen molar-refractivity contribution in [3.8, 4) is 5.75 Å². The van der Waals surface area contributed by atoms with Crippen molar-refractivity contribution in [2.45, 2.75) is 49.3 Å². The van der Waals surface area contributed by atoms with Crippen LogP contribution < -0.4 is 9.46 Å². The van der Waals surface area contributed by atoms with E-state index < -0.39 is 16.6 Å². The van der Waals surface area contributed by atoms with E-state index in [2.05, 4.69) is 19.7 Å². The molecule has 1 aliphatic carbocycles. The van der Waals surface area contributed by atoms with Gasteiger partial charge in [-0.3, -0.25) is 0 Å². The maximum Gasteiger partial charge on any atom is 0.387 e. The molecule has 0 aliphatic heterocycles. The maximum atomic E-state index is 12.5. The molecule has 0 saturated heterocycles. The number of aromatic nitrogens is 3.